The van der Waals surface area contributed by atoms with Crippen LogP contribution in [0, 0.1) is 0 Å². The van der Waals surface area contributed by atoms with E-state index in [1.807, 2.05) is 40.5 Å². The molecule has 8 heteroatoms. The van der Waals surface area contributed by atoms with Crippen LogP contribution in [-0.2, 0) is 24.1 Å². The summed E-state index contributed by atoms with van der Waals surface area (Å²) in [5, 5.41) is 4.28. The van der Waals surface area contributed by atoms with E-state index in [0.717, 1.165) is 29.8 Å². The Balaban J connectivity index is 1.44. The Hall–Kier alpha value is -4.04. The largest absolute Gasteiger partial charge is 0.497 e. The average Bonchev–Trinajstić information content (AvgIpc) is 3.55. The number of rotatable bonds is 5. The smallest absolute Gasteiger partial charge is 0.338 e. The molecule has 39 heavy (non-hydrogen) atoms. The molecule has 0 bridgehead atoms. The fraction of sp³-hybridized carbons (Fsp3) is 0.290. The summed E-state index contributed by atoms with van der Waals surface area (Å²) in [7, 11) is 1.65. The van der Waals surface area contributed by atoms with E-state index in [4.69, 9.17) is 9.47 Å². The van der Waals surface area contributed by atoms with Crippen molar-refractivity contribution >= 4 is 29.0 Å². The standard InChI is InChI=1S/C31H31N3O4S/c1-3-38-30(35)21-10-6-11-22(17-21)32-31(36)34-19-25-24-13-4-5-15-27(24)39-29(25)33-16-8-14-26(33)28(34)20-9-7-12-23(18-20)37-2/h6-12,14,16-18,28H,3-5,13,15,19H2,1-2H3,(H,32,36). The molecule has 1 unspecified atom stereocenters. The van der Waals surface area contributed by atoms with E-state index in [1.165, 1.54) is 33.8 Å². The lowest BCUT2D eigenvalue weighted by Gasteiger charge is -2.31. The fourth-order valence-electron chi connectivity index (χ4n) is 5.68. The zero-order valence-corrected chi connectivity index (χ0v) is 22.9. The average molecular weight is 542 g/mol. The number of aryl methyl sites for hydroxylation is 1. The molecule has 0 fully saturated rings. The maximum absolute atomic E-state index is 14.2. The third-order valence-corrected chi connectivity index (χ3v) is 8.81. The summed E-state index contributed by atoms with van der Waals surface area (Å²) in [6.45, 7) is 2.54. The highest BCUT2D eigenvalue weighted by molar-refractivity contribution is 7.15. The van der Waals surface area contributed by atoms with Gasteiger partial charge >= 0.3 is 12.0 Å². The molecule has 200 valence electrons. The lowest BCUT2D eigenvalue weighted by atomic mass is 9.95. The molecule has 7 nitrogen and oxygen atoms in total. The molecule has 2 aromatic heterocycles. The molecule has 3 heterocycles. The van der Waals surface area contributed by atoms with E-state index in [-0.39, 0.29) is 12.1 Å². The number of ether oxygens (including phenoxy) is 2. The van der Waals surface area contributed by atoms with Gasteiger partial charge in [0.2, 0.25) is 0 Å². The Bertz CT molecular complexity index is 1540. The molecule has 0 radical (unpaired) electrons. The van der Waals surface area contributed by atoms with Crippen LogP contribution in [0.4, 0.5) is 10.5 Å². The van der Waals surface area contributed by atoms with Crippen LogP contribution in [0.3, 0.4) is 0 Å². The molecular formula is C31H31N3O4S. The van der Waals surface area contributed by atoms with Gasteiger partial charge < -0.3 is 24.3 Å². The van der Waals surface area contributed by atoms with Gasteiger partial charge in [-0.05, 0) is 86.2 Å². The number of anilines is 1. The predicted molar refractivity (Wildman–Crippen MR) is 152 cm³/mol. The minimum Gasteiger partial charge on any atom is -0.497 e. The Morgan fingerprint density at radius 1 is 1.03 bits per heavy atom. The van der Waals surface area contributed by atoms with Gasteiger partial charge in [-0.2, -0.15) is 0 Å². The normalized spacial score (nSPS) is 15.9. The molecule has 1 aliphatic heterocycles. The fourth-order valence-corrected chi connectivity index (χ4v) is 7.09. The van der Waals surface area contributed by atoms with Crippen molar-refractivity contribution < 1.29 is 19.1 Å². The second-order valence-corrected chi connectivity index (χ2v) is 10.9. The summed E-state index contributed by atoms with van der Waals surface area (Å²) in [6.07, 6.45) is 6.61. The highest BCUT2D eigenvalue weighted by atomic mass is 32.1. The van der Waals surface area contributed by atoms with E-state index in [0.29, 0.717) is 24.4 Å². The number of thiophene rings is 1. The molecule has 0 saturated carbocycles. The van der Waals surface area contributed by atoms with Gasteiger partial charge in [0.25, 0.3) is 0 Å². The maximum atomic E-state index is 14.2. The Kier molecular flexibility index (Phi) is 6.87. The molecule has 2 aliphatic rings. The Labute approximate surface area is 232 Å². The van der Waals surface area contributed by atoms with Crippen LogP contribution in [0.2, 0.25) is 0 Å². The monoisotopic (exact) mass is 541 g/mol. The molecule has 1 N–H and O–H groups in total. The molecule has 1 atom stereocenters. The number of nitrogens with one attached hydrogen (secondary N) is 1. The first-order valence-electron chi connectivity index (χ1n) is 13.4. The van der Waals surface area contributed by atoms with Gasteiger partial charge in [0.1, 0.15) is 10.8 Å². The summed E-state index contributed by atoms with van der Waals surface area (Å²) in [5.41, 5.74) is 5.56. The minimum absolute atomic E-state index is 0.236. The van der Waals surface area contributed by atoms with Gasteiger partial charge in [-0.3, -0.25) is 0 Å². The second kappa shape index (κ2) is 10.6. The highest BCUT2D eigenvalue weighted by Crippen LogP contribution is 2.44. The molecule has 0 spiro atoms. The van der Waals surface area contributed by atoms with Crippen molar-refractivity contribution in [2.24, 2.45) is 0 Å². The van der Waals surface area contributed by atoms with Crippen LogP contribution >= 0.6 is 11.3 Å². The predicted octanol–water partition coefficient (Wildman–Crippen LogP) is 6.74. The van der Waals surface area contributed by atoms with Crippen LogP contribution in [0.25, 0.3) is 5.00 Å². The summed E-state index contributed by atoms with van der Waals surface area (Å²) in [4.78, 5) is 29.8. The number of urea groups is 1. The number of nitrogens with zero attached hydrogens (tertiary/aromatic N) is 2. The molecule has 4 aromatic rings. The third-order valence-electron chi connectivity index (χ3n) is 7.47. The number of esters is 1. The Morgan fingerprint density at radius 2 is 1.87 bits per heavy atom. The molecule has 2 aromatic carbocycles. The SMILES string of the molecule is CCOC(=O)c1cccc(NC(=O)N2Cc3c(sc4c3CCCC4)-n3cccc3C2c2cccc(OC)c2)c1. The van der Waals surface area contributed by atoms with Crippen molar-refractivity contribution in [2.45, 2.75) is 45.2 Å². The van der Waals surface area contributed by atoms with Crippen molar-refractivity contribution in [3.05, 3.63) is 99.7 Å². The zero-order chi connectivity index (χ0) is 26.9. The van der Waals surface area contributed by atoms with Crippen LogP contribution in [0.5, 0.6) is 5.75 Å². The number of hydrogen-bond acceptors (Lipinski definition) is 5. The first-order chi connectivity index (χ1) is 19.1. The highest BCUT2D eigenvalue weighted by Gasteiger charge is 2.36. The number of benzene rings is 2. The lowest BCUT2D eigenvalue weighted by Crippen LogP contribution is -2.38. The summed E-state index contributed by atoms with van der Waals surface area (Å²) in [5.74, 6) is 0.328. The summed E-state index contributed by atoms with van der Waals surface area (Å²) in [6, 6.07) is 18.4. The quantitative estimate of drug-likeness (QED) is 0.284. The number of hydrogen-bond donors (Lipinski definition) is 1. The first-order valence-corrected chi connectivity index (χ1v) is 14.2. The van der Waals surface area contributed by atoms with Gasteiger partial charge in [0, 0.05) is 22.3 Å². The molecule has 1 aliphatic carbocycles. The van der Waals surface area contributed by atoms with E-state index < -0.39 is 5.97 Å². The van der Waals surface area contributed by atoms with Crippen LogP contribution < -0.4 is 10.1 Å². The van der Waals surface area contributed by atoms with Crippen molar-refractivity contribution in [3.63, 3.8) is 0 Å². The zero-order valence-electron chi connectivity index (χ0n) is 22.1. The molecule has 2 amide bonds. The van der Waals surface area contributed by atoms with Crippen molar-refractivity contribution in [3.8, 4) is 10.8 Å². The summed E-state index contributed by atoms with van der Waals surface area (Å²) >= 11 is 1.86. The third kappa shape index (κ3) is 4.69. The second-order valence-electron chi connectivity index (χ2n) is 9.84. The maximum Gasteiger partial charge on any atom is 0.338 e. The minimum atomic E-state index is -0.412. The van der Waals surface area contributed by atoms with Gasteiger partial charge in [-0.15, -0.1) is 11.3 Å². The van der Waals surface area contributed by atoms with Gasteiger partial charge in [-0.1, -0.05) is 18.2 Å². The van der Waals surface area contributed by atoms with Gasteiger partial charge in [-0.25, -0.2) is 9.59 Å². The van der Waals surface area contributed by atoms with Gasteiger partial charge in [0.15, 0.2) is 0 Å². The van der Waals surface area contributed by atoms with Crippen LogP contribution in [0.1, 0.15) is 63.4 Å². The van der Waals surface area contributed by atoms with Gasteiger partial charge in [0.05, 0.1) is 37.6 Å². The number of carbonyl (C=O) groups excluding carboxylic acids is 2. The molecule has 6 rings (SSSR count). The molecular weight excluding hydrogens is 510 g/mol. The van der Waals surface area contributed by atoms with Crippen molar-refractivity contribution in [1.29, 1.82) is 0 Å². The van der Waals surface area contributed by atoms with E-state index >= 15 is 0 Å². The number of aromatic nitrogens is 1. The Morgan fingerprint density at radius 3 is 2.72 bits per heavy atom. The number of carbonyl (C=O) groups is 2. The topological polar surface area (TPSA) is 72.8 Å². The van der Waals surface area contributed by atoms with Crippen molar-refractivity contribution in [1.82, 2.24) is 9.47 Å². The van der Waals surface area contributed by atoms with Crippen LogP contribution in [-0.4, -0.2) is 35.2 Å². The lowest BCUT2D eigenvalue weighted by molar-refractivity contribution is 0.0526. The molecule has 0 saturated heterocycles. The number of fused-ring (bicyclic) bond motifs is 5. The number of methoxy groups -OCH3 is 1. The van der Waals surface area contributed by atoms with Crippen molar-refractivity contribution in [2.75, 3.05) is 19.0 Å². The summed E-state index contributed by atoms with van der Waals surface area (Å²) < 4.78 is 13.0. The van der Waals surface area contributed by atoms with Crippen LogP contribution in [0.15, 0.2) is 66.9 Å². The number of amides is 2. The van der Waals surface area contributed by atoms with E-state index in [2.05, 4.69) is 28.2 Å². The first kappa shape index (κ1) is 25.2. The van der Waals surface area contributed by atoms with E-state index in [1.54, 1.807) is 38.3 Å². The van der Waals surface area contributed by atoms with E-state index in [9.17, 15) is 9.59 Å².